The zero-order valence-corrected chi connectivity index (χ0v) is 21.6. The van der Waals surface area contributed by atoms with Crippen molar-refractivity contribution in [1.82, 2.24) is 14.8 Å². The van der Waals surface area contributed by atoms with Gasteiger partial charge in [0.1, 0.15) is 5.75 Å². The maximum absolute atomic E-state index is 10.9. The van der Waals surface area contributed by atoms with Gasteiger partial charge in [0.2, 0.25) is 0 Å². The van der Waals surface area contributed by atoms with Crippen LogP contribution in [0.2, 0.25) is 0 Å². The van der Waals surface area contributed by atoms with Gasteiger partial charge in [0.05, 0.1) is 24.7 Å². The molecule has 2 aromatic carbocycles. The van der Waals surface area contributed by atoms with Crippen LogP contribution in [0.5, 0.6) is 5.75 Å². The van der Waals surface area contributed by atoms with E-state index in [9.17, 15) is 9.90 Å². The molecule has 2 heterocycles. The van der Waals surface area contributed by atoms with Crippen LogP contribution in [0.1, 0.15) is 12.0 Å². The van der Waals surface area contributed by atoms with Crippen LogP contribution in [0.4, 0.5) is 11.4 Å². The molecule has 155 valence electrons. The van der Waals surface area contributed by atoms with Gasteiger partial charge < -0.3 is 24.9 Å². The maximum atomic E-state index is 10.9. The summed E-state index contributed by atoms with van der Waals surface area (Å²) in [6, 6.07) is 13.3. The van der Waals surface area contributed by atoms with Crippen molar-refractivity contribution in [2.45, 2.75) is 12.8 Å². The third-order valence-corrected chi connectivity index (χ3v) is 5.29. The number of carbonyl (C=O) groups excluding carboxylic acids is 1. The van der Waals surface area contributed by atoms with Gasteiger partial charge in [-0.3, -0.25) is 14.8 Å². The normalized spacial score (nSPS) is 12.6. The molecule has 11 heteroatoms. The fourth-order valence-corrected chi connectivity index (χ4v) is 3.95. The van der Waals surface area contributed by atoms with Gasteiger partial charge in [-0.25, -0.2) is 0 Å². The molecule has 4 rings (SSSR count). The van der Waals surface area contributed by atoms with Gasteiger partial charge in [-0.05, 0) is 79.2 Å². The molecule has 0 amide bonds. The van der Waals surface area contributed by atoms with E-state index in [1.165, 1.54) is 0 Å². The van der Waals surface area contributed by atoms with E-state index in [0.717, 1.165) is 35.5 Å². The molecule has 0 aliphatic carbocycles. The number of aromatic nitrogens is 3. The van der Waals surface area contributed by atoms with Crippen LogP contribution >= 0.6 is 24.4 Å². The smallest absolute Gasteiger partial charge is 0.548 e. The molecular formula is C20H19KN5O3S2. The molecule has 1 aliphatic rings. The molecule has 0 spiro atoms. The summed E-state index contributed by atoms with van der Waals surface area (Å²) in [6.45, 7) is 2.00. The number of ether oxygens (including phenoxy) is 1. The Bertz CT molecular complexity index is 1160. The Balaban J connectivity index is 0.00000272. The number of nitrogens with zero attached hydrogens (tertiary/aromatic N) is 2. The van der Waals surface area contributed by atoms with Crippen molar-refractivity contribution in [2.75, 3.05) is 23.5 Å². The molecular weight excluding hydrogens is 461 g/mol. The predicted octanol–water partition coefficient (Wildman–Crippen LogP) is -0.291. The quantitative estimate of drug-likeness (QED) is 0.243. The average Bonchev–Trinajstić information content (AvgIpc) is 3.06. The summed E-state index contributed by atoms with van der Waals surface area (Å²) in [5.74, 6) is -0.393. The number of rotatable bonds is 7. The Labute approximate surface area is 232 Å². The molecule has 0 bridgehead atoms. The van der Waals surface area contributed by atoms with E-state index in [4.69, 9.17) is 29.2 Å². The first-order valence-corrected chi connectivity index (χ1v) is 10.1. The third kappa shape index (κ3) is 5.86. The number of carboxylic acid groups (broad SMARTS) is 1. The number of fused-ring (bicyclic) bond motifs is 1. The van der Waals surface area contributed by atoms with Crippen LogP contribution in [0.15, 0.2) is 42.5 Å². The third-order valence-electron chi connectivity index (χ3n) is 4.73. The first-order chi connectivity index (χ1) is 14.5. The molecule has 0 saturated carbocycles. The minimum atomic E-state index is -1.10. The molecule has 1 aromatic heterocycles. The second kappa shape index (κ2) is 10.9. The number of anilines is 2. The summed E-state index contributed by atoms with van der Waals surface area (Å²) in [6.07, 6.45) is 1.61. The average molecular weight is 481 g/mol. The van der Waals surface area contributed by atoms with Gasteiger partial charge in [0, 0.05) is 11.4 Å². The number of nitrogens with one attached hydrogen (secondary N) is 3. The Morgan fingerprint density at radius 3 is 2.68 bits per heavy atom. The summed E-state index contributed by atoms with van der Waals surface area (Å²) in [5.41, 5.74) is 3.62. The second-order valence-electron chi connectivity index (χ2n) is 6.72. The second-order valence-corrected chi connectivity index (χ2v) is 7.50. The van der Waals surface area contributed by atoms with E-state index in [0.29, 0.717) is 15.3 Å². The van der Waals surface area contributed by atoms with Gasteiger partial charge in [-0.2, -0.15) is 0 Å². The minimum absolute atomic E-state index is 0. The number of hydrogen-bond donors (Lipinski definition) is 3. The first kappa shape index (κ1) is 24.2. The molecule has 31 heavy (non-hydrogen) atoms. The van der Waals surface area contributed by atoms with Crippen molar-refractivity contribution in [1.29, 1.82) is 0 Å². The van der Waals surface area contributed by atoms with Crippen LogP contribution in [0, 0.1) is 16.1 Å². The van der Waals surface area contributed by atoms with Crippen LogP contribution in [0.25, 0.3) is 5.69 Å². The van der Waals surface area contributed by atoms with E-state index in [1.54, 1.807) is 9.47 Å². The largest absolute Gasteiger partial charge is 1.00 e. The van der Waals surface area contributed by atoms with Crippen molar-refractivity contribution in [3.63, 3.8) is 0 Å². The zero-order chi connectivity index (χ0) is 21.1. The van der Waals surface area contributed by atoms with Gasteiger partial charge >= 0.3 is 51.4 Å². The van der Waals surface area contributed by atoms with E-state index in [-0.39, 0.29) is 64.7 Å². The van der Waals surface area contributed by atoms with Crippen LogP contribution in [-0.4, -0.2) is 34.0 Å². The number of aromatic amines is 2. The summed E-state index contributed by atoms with van der Waals surface area (Å²) in [5, 5.41) is 19.8. The van der Waals surface area contributed by atoms with E-state index in [2.05, 4.69) is 15.5 Å². The number of H-pyrrole nitrogens is 2. The first-order valence-electron chi connectivity index (χ1n) is 9.31. The Morgan fingerprint density at radius 1 is 1.16 bits per heavy atom. The number of benzene rings is 2. The molecule has 0 atom stereocenters. The molecule has 0 saturated heterocycles. The number of hydrogen-bond acceptors (Lipinski definition) is 7. The SMILES string of the molecule is O=C([O-])CN1[CH]CCc2cc(OCNc3cccc(-n4c(=S)[nH][nH]c4=S)c3)ccc21.[K+]. The molecule has 3 aromatic rings. The summed E-state index contributed by atoms with van der Waals surface area (Å²) in [7, 11) is 0. The summed E-state index contributed by atoms with van der Waals surface area (Å²) >= 11 is 10.5. The Kier molecular flexibility index (Phi) is 8.50. The number of aliphatic carboxylic acids is 1. The molecule has 1 radical (unpaired) electrons. The zero-order valence-electron chi connectivity index (χ0n) is 16.9. The molecule has 0 fully saturated rings. The van der Waals surface area contributed by atoms with Crippen molar-refractivity contribution in [2.24, 2.45) is 0 Å². The fraction of sp³-hybridized carbons (Fsp3) is 0.200. The van der Waals surface area contributed by atoms with E-state index < -0.39 is 5.97 Å². The molecule has 8 nitrogen and oxygen atoms in total. The van der Waals surface area contributed by atoms with Crippen molar-refractivity contribution >= 4 is 41.8 Å². The maximum Gasteiger partial charge on any atom is 1.00 e. The van der Waals surface area contributed by atoms with Crippen LogP contribution in [0.3, 0.4) is 0 Å². The van der Waals surface area contributed by atoms with E-state index >= 15 is 0 Å². The predicted molar refractivity (Wildman–Crippen MR) is 117 cm³/mol. The molecule has 0 unspecified atom stereocenters. The fourth-order valence-electron chi connectivity index (χ4n) is 3.40. The van der Waals surface area contributed by atoms with E-state index in [1.807, 2.05) is 49.0 Å². The van der Waals surface area contributed by atoms with Gasteiger partial charge in [-0.1, -0.05) is 6.07 Å². The number of carbonyl (C=O) groups is 1. The number of aryl methyl sites for hydroxylation is 1. The Hall–Kier alpha value is -1.47. The van der Waals surface area contributed by atoms with Crippen LogP contribution < -0.4 is 71.4 Å². The minimum Gasteiger partial charge on any atom is -0.548 e. The van der Waals surface area contributed by atoms with Gasteiger partial charge in [-0.15, -0.1) is 0 Å². The van der Waals surface area contributed by atoms with Crippen molar-refractivity contribution in [3.8, 4) is 11.4 Å². The standard InChI is InChI=1S/C20H20N5O3S2.K/c26-18(27)11-24-8-2-3-13-9-16(6-7-17(13)24)28-12-21-14-4-1-5-15(10-14)25-19(29)22-23-20(25)30;/h1,4-10,21H,2-3,11-12H2,(H,22,29)(H,23,30)(H,26,27);/q;+1/p-1. The van der Waals surface area contributed by atoms with Gasteiger partial charge in [0.25, 0.3) is 0 Å². The molecule has 3 N–H and O–H groups in total. The number of carboxylic acids is 1. The summed E-state index contributed by atoms with van der Waals surface area (Å²) < 4.78 is 8.56. The monoisotopic (exact) mass is 480 g/mol. The Morgan fingerprint density at radius 2 is 1.94 bits per heavy atom. The summed E-state index contributed by atoms with van der Waals surface area (Å²) in [4.78, 5) is 12.6. The van der Waals surface area contributed by atoms with Crippen molar-refractivity contribution < 1.29 is 66.0 Å². The van der Waals surface area contributed by atoms with Crippen LogP contribution in [-0.2, 0) is 11.2 Å². The molecule has 1 aliphatic heterocycles. The van der Waals surface area contributed by atoms with Gasteiger partial charge in [0.15, 0.2) is 16.3 Å². The van der Waals surface area contributed by atoms with Crippen molar-refractivity contribution in [3.05, 3.63) is 64.1 Å². The topological polar surface area (TPSA) is 101 Å².